The quantitative estimate of drug-likeness (QED) is 0.755. The Bertz CT molecular complexity index is 836. The molecule has 2 aromatic carbocycles. The average molecular weight is 364 g/mol. The van der Waals surface area contributed by atoms with Crippen molar-refractivity contribution in [2.75, 3.05) is 5.32 Å². The van der Waals surface area contributed by atoms with Crippen LogP contribution in [0.1, 0.15) is 43.0 Å². The smallest absolute Gasteiger partial charge is 0.248 e. The first-order valence-electron chi connectivity index (χ1n) is 9.18. The minimum Gasteiger partial charge on any atom is -0.336 e. The molecule has 0 aliphatic carbocycles. The van der Waals surface area contributed by atoms with E-state index in [-0.39, 0.29) is 17.9 Å². The van der Waals surface area contributed by atoms with Crippen LogP contribution in [0.4, 0.5) is 5.69 Å². The van der Waals surface area contributed by atoms with Crippen molar-refractivity contribution in [3.63, 3.8) is 0 Å². The Labute approximate surface area is 161 Å². The summed E-state index contributed by atoms with van der Waals surface area (Å²) in [6, 6.07) is 13.9. The van der Waals surface area contributed by atoms with Gasteiger partial charge in [0.25, 0.3) is 0 Å². The van der Waals surface area contributed by atoms with E-state index in [9.17, 15) is 9.59 Å². The molecule has 0 saturated heterocycles. The van der Waals surface area contributed by atoms with E-state index in [4.69, 9.17) is 0 Å². The van der Waals surface area contributed by atoms with E-state index in [2.05, 4.69) is 11.4 Å². The zero-order valence-electron chi connectivity index (χ0n) is 16.7. The van der Waals surface area contributed by atoms with Gasteiger partial charge in [-0.15, -0.1) is 0 Å². The summed E-state index contributed by atoms with van der Waals surface area (Å²) in [5.41, 5.74) is 5.14. The zero-order chi connectivity index (χ0) is 20.0. The van der Waals surface area contributed by atoms with Crippen LogP contribution in [0.15, 0.2) is 48.5 Å². The molecule has 0 aromatic heterocycles. The third kappa shape index (κ3) is 6.10. The van der Waals surface area contributed by atoms with Gasteiger partial charge in [-0.1, -0.05) is 35.9 Å². The van der Waals surface area contributed by atoms with Crippen LogP contribution in [0.2, 0.25) is 0 Å². The molecule has 0 spiro atoms. The van der Waals surface area contributed by atoms with E-state index in [1.54, 1.807) is 17.9 Å². The predicted molar refractivity (Wildman–Crippen MR) is 111 cm³/mol. The van der Waals surface area contributed by atoms with Crippen LogP contribution < -0.4 is 5.32 Å². The number of hydrogen-bond donors (Lipinski definition) is 1. The van der Waals surface area contributed by atoms with E-state index in [1.165, 1.54) is 5.56 Å². The fourth-order valence-corrected chi connectivity index (χ4v) is 2.91. The van der Waals surface area contributed by atoms with Gasteiger partial charge in [-0.3, -0.25) is 9.59 Å². The van der Waals surface area contributed by atoms with Crippen molar-refractivity contribution in [1.82, 2.24) is 4.90 Å². The van der Waals surface area contributed by atoms with Gasteiger partial charge in [0.1, 0.15) is 0 Å². The third-order valence-electron chi connectivity index (χ3n) is 4.44. The molecule has 1 N–H and O–H groups in total. The van der Waals surface area contributed by atoms with Gasteiger partial charge in [-0.25, -0.2) is 0 Å². The average Bonchev–Trinajstić information content (AvgIpc) is 2.59. The van der Waals surface area contributed by atoms with Gasteiger partial charge in [0.2, 0.25) is 11.8 Å². The fourth-order valence-electron chi connectivity index (χ4n) is 2.91. The lowest BCUT2D eigenvalue weighted by Crippen LogP contribution is -2.34. The van der Waals surface area contributed by atoms with Crippen molar-refractivity contribution < 1.29 is 9.59 Å². The van der Waals surface area contributed by atoms with Crippen LogP contribution in [-0.4, -0.2) is 22.8 Å². The maximum Gasteiger partial charge on any atom is 0.248 e. The molecule has 4 nitrogen and oxygen atoms in total. The number of rotatable bonds is 6. The Kier molecular flexibility index (Phi) is 6.94. The van der Waals surface area contributed by atoms with Crippen molar-refractivity contribution in [3.8, 4) is 0 Å². The Balaban J connectivity index is 1.98. The Hall–Kier alpha value is -2.88. The predicted octanol–water partition coefficient (Wildman–Crippen LogP) is 4.71. The van der Waals surface area contributed by atoms with Crippen molar-refractivity contribution in [3.05, 3.63) is 70.8 Å². The molecular weight excluding hydrogens is 336 g/mol. The van der Waals surface area contributed by atoms with Gasteiger partial charge in [-0.2, -0.15) is 0 Å². The van der Waals surface area contributed by atoms with Crippen molar-refractivity contribution >= 4 is 23.6 Å². The van der Waals surface area contributed by atoms with Gasteiger partial charge in [0, 0.05) is 31.3 Å². The molecule has 0 saturated carbocycles. The molecule has 0 unspecified atom stereocenters. The SMILES string of the molecule is CC(=O)N(Cc1ccc(NC(=O)/C=C/c2ccc(C)cc2C)cc1)C(C)C. The van der Waals surface area contributed by atoms with Crippen LogP contribution in [0.25, 0.3) is 6.08 Å². The lowest BCUT2D eigenvalue weighted by atomic mass is 10.1. The Morgan fingerprint density at radius 3 is 2.30 bits per heavy atom. The van der Waals surface area contributed by atoms with E-state index >= 15 is 0 Å². The zero-order valence-corrected chi connectivity index (χ0v) is 16.7. The highest BCUT2D eigenvalue weighted by molar-refractivity contribution is 6.02. The number of amides is 2. The second kappa shape index (κ2) is 9.17. The van der Waals surface area contributed by atoms with E-state index < -0.39 is 0 Å². The topological polar surface area (TPSA) is 49.4 Å². The number of anilines is 1. The summed E-state index contributed by atoms with van der Waals surface area (Å²) in [6.45, 7) is 10.2. The maximum atomic E-state index is 12.2. The highest BCUT2D eigenvalue weighted by Crippen LogP contribution is 2.15. The van der Waals surface area contributed by atoms with Gasteiger partial charge >= 0.3 is 0 Å². The molecule has 0 bridgehead atoms. The molecule has 2 amide bonds. The van der Waals surface area contributed by atoms with E-state index in [1.807, 2.05) is 70.2 Å². The summed E-state index contributed by atoms with van der Waals surface area (Å²) < 4.78 is 0. The molecule has 0 atom stereocenters. The second-order valence-corrected chi connectivity index (χ2v) is 7.12. The van der Waals surface area contributed by atoms with Gasteiger partial charge < -0.3 is 10.2 Å². The Morgan fingerprint density at radius 2 is 1.74 bits per heavy atom. The van der Waals surface area contributed by atoms with Gasteiger partial charge in [0.15, 0.2) is 0 Å². The summed E-state index contributed by atoms with van der Waals surface area (Å²) in [7, 11) is 0. The monoisotopic (exact) mass is 364 g/mol. The highest BCUT2D eigenvalue weighted by atomic mass is 16.2. The number of nitrogens with zero attached hydrogens (tertiary/aromatic N) is 1. The first-order valence-corrected chi connectivity index (χ1v) is 9.18. The van der Waals surface area contributed by atoms with Crippen LogP contribution in [0, 0.1) is 13.8 Å². The van der Waals surface area contributed by atoms with Crippen molar-refractivity contribution in [2.24, 2.45) is 0 Å². The fraction of sp³-hybridized carbons (Fsp3) is 0.304. The standard InChI is InChI=1S/C23H28N2O2/c1-16(2)25(19(5)26)15-20-7-11-22(12-8-20)24-23(27)13-10-21-9-6-17(3)14-18(21)4/h6-14,16H,15H2,1-5H3,(H,24,27)/b13-10+. The molecule has 27 heavy (non-hydrogen) atoms. The number of hydrogen-bond acceptors (Lipinski definition) is 2. The number of carbonyl (C=O) groups excluding carboxylic acids is 2. The molecule has 142 valence electrons. The van der Waals surface area contributed by atoms with Crippen LogP contribution in [0.3, 0.4) is 0 Å². The van der Waals surface area contributed by atoms with Gasteiger partial charge in [0.05, 0.1) is 0 Å². The molecule has 0 aliphatic heterocycles. The molecule has 4 heteroatoms. The molecular formula is C23H28N2O2. The lowest BCUT2D eigenvalue weighted by molar-refractivity contribution is -0.131. The van der Waals surface area contributed by atoms with Gasteiger partial charge in [-0.05, 0) is 62.6 Å². The van der Waals surface area contributed by atoms with E-state index in [0.29, 0.717) is 6.54 Å². The summed E-state index contributed by atoms with van der Waals surface area (Å²) >= 11 is 0. The molecule has 2 aromatic rings. The minimum atomic E-state index is -0.171. The molecule has 0 fully saturated rings. The van der Waals surface area contributed by atoms with E-state index in [0.717, 1.165) is 22.4 Å². The summed E-state index contributed by atoms with van der Waals surface area (Å²) in [6.07, 6.45) is 3.37. The minimum absolute atomic E-state index is 0.0546. The van der Waals surface area contributed by atoms with Crippen molar-refractivity contribution in [2.45, 2.75) is 47.2 Å². The normalized spacial score (nSPS) is 11.0. The molecule has 0 heterocycles. The Morgan fingerprint density at radius 1 is 1.07 bits per heavy atom. The molecule has 0 radical (unpaired) electrons. The van der Waals surface area contributed by atoms with Crippen molar-refractivity contribution in [1.29, 1.82) is 0 Å². The first kappa shape index (κ1) is 20.4. The van der Waals surface area contributed by atoms with Crippen LogP contribution in [-0.2, 0) is 16.1 Å². The number of benzene rings is 2. The second-order valence-electron chi connectivity index (χ2n) is 7.12. The summed E-state index contributed by atoms with van der Waals surface area (Å²) in [5, 5.41) is 2.86. The first-order chi connectivity index (χ1) is 12.8. The maximum absolute atomic E-state index is 12.2. The largest absolute Gasteiger partial charge is 0.336 e. The number of carbonyl (C=O) groups is 2. The lowest BCUT2D eigenvalue weighted by Gasteiger charge is -2.25. The highest BCUT2D eigenvalue weighted by Gasteiger charge is 2.12. The molecule has 0 aliphatic rings. The van der Waals surface area contributed by atoms with Crippen LogP contribution >= 0.6 is 0 Å². The summed E-state index contributed by atoms with van der Waals surface area (Å²) in [4.78, 5) is 25.7. The summed E-state index contributed by atoms with van der Waals surface area (Å²) in [5.74, 6) is -0.116. The number of aryl methyl sites for hydroxylation is 2. The molecule has 2 rings (SSSR count). The third-order valence-corrected chi connectivity index (χ3v) is 4.44. The number of nitrogens with one attached hydrogen (secondary N) is 1. The van der Waals surface area contributed by atoms with Crippen LogP contribution in [0.5, 0.6) is 0 Å².